The Morgan fingerprint density at radius 1 is 1.12 bits per heavy atom. The number of nitrogens with zero attached hydrogens (tertiary/aromatic N) is 1. The zero-order valence-electron chi connectivity index (χ0n) is 14.4. The van der Waals surface area contributed by atoms with Gasteiger partial charge in [0, 0.05) is 11.6 Å². The molecular weight excluding hydrogens is 320 g/mol. The first-order chi connectivity index (χ1) is 12.1. The van der Waals surface area contributed by atoms with Crippen LogP contribution in [0.15, 0.2) is 42.5 Å². The molecule has 0 bridgehead atoms. The zero-order valence-corrected chi connectivity index (χ0v) is 14.4. The van der Waals surface area contributed by atoms with E-state index in [1.54, 1.807) is 25.3 Å². The fraction of sp³-hybridized carbons (Fsp3) is 0.211. The summed E-state index contributed by atoms with van der Waals surface area (Å²) < 4.78 is 16.8. The molecule has 25 heavy (non-hydrogen) atoms. The van der Waals surface area contributed by atoms with Gasteiger partial charge in [-0.15, -0.1) is 0 Å². The summed E-state index contributed by atoms with van der Waals surface area (Å²) in [6.45, 7) is 4.27. The normalized spacial score (nSPS) is 10.5. The van der Waals surface area contributed by atoms with Gasteiger partial charge in [-0.25, -0.2) is 0 Å². The second kappa shape index (κ2) is 7.17. The fourth-order valence-corrected chi connectivity index (χ4v) is 2.51. The predicted octanol–water partition coefficient (Wildman–Crippen LogP) is 4.29. The molecule has 3 rings (SSSR count). The van der Waals surface area contributed by atoms with E-state index in [9.17, 15) is 5.11 Å². The molecule has 2 aromatic carbocycles. The highest BCUT2D eigenvalue weighted by Crippen LogP contribution is 2.41. The van der Waals surface area contributed by atoms with Crippen molar-refractivity contribution < 1.29 is 19.3 Å². The Morgan fingerprint density at radius 2 is 1.88 bits per heavy atom. The number of rotatable bonds is 6. The van der Waals surface area contributed by atoms with Crippen LogP contribution in [0.2, 0.25) is 0 Å². The zero-order chi connectivity index (χ0) is 17.8. The van der Waals surface area contributed by atoms with E-state index in [4.69, 9.17) is 14.2 Å². The Labute approximate surface area is 146 Å². The minimum atomic E-state index is 0.0716. The number of para-hydroxylation sites is 2. The van der Waals surface area contributed by atoms with E-state index < -0.39 is 0 Å². The van der Waals surface area contributed by atoms with Crippen LogP contribution < -0.4 is 14.2 Å². The molecule has 0 saturated carbocycles. The van der Waals surface area contributed by atoms with Crippen LogP contribution in [-0.4, -0.2) is 29.0 Å². The van der Waals surface area contributed by atoms with Crippen LogP contribution in [-0.2, 0) is 0 Å². The van der Waals surface area contributed by atoms with Gasteiger partial charge >= 0.3 is 0 Å². The second-order valence-corrected chi connectivity index (χ2v) is 5.39. The third kappa shape index (κ3) is 3.38. The minimum absolute atomic E-state index is 0.0716. The van der Waals surface area contributed by atoms with Crippen LogP contribution >= 0.6 is 0 Å². The molecule has 6 nitrogen and oxygen atoms in total. The summed E-state index contributed by atoms with van der Waals surface area (Å²) >= 11 is 0. The maximum Gasteiger partial charge on any atom is 0.176 e. The molecule has 0 atom stereocenters. The van der Waals surface area contributed by atoms with Gasteiger partial charge < -0.3 is 19.3 Å². The number of phenolic OH excluding ortho intramolecular Hbond substituents is 1. The van der Waals surface area contributed by atoms with E-state index in [2.05, 4.69) is 10.2 Å². The van der Waals surface area contributed by atoms with E-state index in [1.807, 2.05) is 38.1 Å². The molecule has 3 aromatic rings. The molecule has 1 heterocycles. The fourth-order valence-electron chi connectivity index (χ4n) is 2.51. The van der Waals surface area contributed by atoms with E-state index >= 15 is 0 Å². The van der Waals surface area contributed by atoms with Crippen LogP contribution in [0.25, 0.3) is 11.3 Å². The smallest absolute Gasteiger partial charge is 0.176 e. The standard InChI is InChI=1S/C19H20N2O4/c1-4-24-13-9-10-14(15(22)11-13)18-19(12(2)20-21-18)25-17-8-6-5-7-16(17)23-3/h5-11,22H,4H2,1-3H3,(H,20,21). The lowest BCUT2D eigenvalue weighted by Gasteiger charge is -2.12. The molecule has 0 radical (unpaired) electrons. The van der Waals surface area contributed by atoms with Crippen LogP contribution in [0.4, 0.5) is 0 Å². The molecule has 0 unspecified atom stereocenters. The molecule has 0 aliphatic rings. The van der Waals surface area contributed by atoms with Gasteiger partial charge in [0.25, 0.3) is 0 Å². The van der Waals surface area contributed by atoms with Gasteiger partial charge in [0.15, 0.2) is 17.2 Å². The van der Waals surface area contributed by atoms with Crippen molar-refractivity contribution in [2.75, 3.05) is 13.7 Å². The Morgan fingerprint density at radius 3 is 2.56 bits per heavy atom. The highest BCUT2D eigenvalue weighted by molar-refractivity contribution is 5.74. The lowest BCUT2D eigenvalue weighted by Crippen LogP contribution is -1.93. The van der Waals surface area contributed by atoms with Crippen molar-refractivity contribution in [2.45, 2.75) is 13.8 Å². The van der Waals surface area contributed by atoms with Crippen molar-refractivity contribution in [3.05, 3.63) is 48.2 Å². The predicted molar refractivity (Wildman–Crippen MR) is 94.7 cm³/mol. The molecule has 0 saturated heterocycles. The maximum absolute atomic E-state index is 10.4. The van der Waals surface area contributed by atoms with Crippen molar-refractivity contribution in [1.82, 2.24) is 10.2 Å². The van der Waals surface area contributed by atoms with Gasteiger partial charge in [0.05, 0.1) is 19.4 Å². The molecule has 0 amide bonds. The first kappa shape index (κ1) is 16.7. The summed E-state index contributed by atoms with van der Waals surface area (Å²) in [6, 6.07) is 12.5. The van der Waals surface area contributed by atoms with Crippen molar-refractivity contribution in [3.63, 3.8) is 0 Å². The van der Waals surface area contributed by atoms with Crippen molar-refractivity contribution >= 4 is 0 Å². The molecule has 6 heteroatoms. The van der Waals surface area contributed by atoms with Crippen LogP contribution in [0.3, 0.4) is 0 Å². The maximum atomic E-state index is 10.4. The number of aromatic nitrogens is 2. The summed E-state index contributed by atoms with van der Waals surface area (Å²) in [6.07, 6.45) is 0. The summed E-state index contributed by atoms with van der Waals surface area (Å²) in [5, 5.41) is 17.5. The number of nitrogens with one attached hydrogen (secondary N) is 1. The van der Waals surface area contributed by atoms with E-state index in [0.717, 1.165) is 5.69 Å². The third-order valence-corrected chi connectivity index (χ3v) is 3.71. The molecule has 1 aromatic heterocycles. The molecular formula is C19H20N2O4. The average Bonchev–Trinajstić information content (AvgIpc) is 2.96. The van der Waals surface area contributed by atoms with Gasteiger partial charge in [-0.3, -0.25) is 5.10 Å². The number of H-pyrrole nitrogens is 1. The van der Waals surface area contributed by atoms with Crippen LogP contribution in [0, 0.1) is 6.92 Å². The third-order valence-electron chi connectivity index (χ3n) is 3.71. The highest BCUT2D eigenvalue weighted by Gasteiger charge is 2.19. The van der Waals surface area contributed by atoms with Crippen LogP contribution in [0.1, 0.15) is 12.6 Å². The number of hydrogen-bond donors (Lipinski definition) is 2. The Bertz CT molecular complexity index is 874. The largest absolute Gasteiger partial charge is 0.507 e. The topological polar surface area (TPSA) is 76.6 Å². The number of aromatic amines is 1. The number of aromatic hydroxyl groups is 1. The van der Waals surface area contributed by atoms with E-state index in [1.165, 1.54) is 0 Å². The van der Waals surface area contributed by atoms with E-state index in [0.29, 0.717) is 40.9 Å². The molecule has 0 spiro atoms. The highest BCUT2D eigenvalue weighted by atomic mass is 16.5. The number of methoxy groups -OCH3 is 1. The van der Waals surface area contributed by atoms with Gasteiger partial charge in [-0.1, -0.05) is 12.1 Å². The number of aryl methyl sites for hydroxylation is 1. The lowest BCUT2D eigenvalue weighted by molar-refractivity contribution is 0.338. The molecule has 0 aliphatic heterocycles. The lowest BCUT2D eigenvalue weighted by atomic mass is 10.1. The van der Waals surface area contributed by atoms with Crippen LogP contribution in [0.5, 0.6) is 28.7 Å². The Balaban J connectivity index is 2.00. The first-order valence-electron chi connectivity index (χ1n) is 7.96. The number of phenols is 1. The quantitative estimate of drug-likeness (QED) is 0.700. The summed E-state index contributed by atoms with van der Waals surface area (Å²) in [5.74, 6) is 2.39. The average molecular weight is 340 g/mol. The minimum Gasteiger partial charge on any atom is -0.507 e. The summed E-state index contributed by atoms with van der Waals surface area (Å²) in [4.78, 5) is 0. The van der Waals surface area contributed by atoms with E-state index in [-0.39, 0.29) is 5.75 Å². The number of hydrogen-bond acceptors (Lipinski definition) is 5. The van der Waals surface area contributed by atoms with Gasteiger partial charge in [0.1, 0.15) is 17.2 Å². The summed E-state index contributed by atoms with van der Waals surface area (Å²) in [5.41, 5.74) is 1.82. The number of ether oxygens (including phenoxy) is 3. The van der Waals surface area contributed by atoms with Crippen molar-refractivity contribution in [3.8, 4) is 40.0 Å². The Hall–Kier alpha value is -3.15. The first-order valence-corrected chi connectivity index (χ1v) is 7.96. The van der Waals surface area contributed by atoms with Gasteiger partial charge in [-0.2, -0.15) is 5.10 Å². The van der Waals surface area contributed by atoms with Crippen molar-refractivity contribution in [2.24, 2.45) is 0 Å². The van der Waals surface area contributed by atoms with Crippen molar-refractivity contribution in [1.29, 1.82) is 0 Å². The summed E-state index contributed by atoms with van der Waals surface area (Å²) in [7, 11) is 1.59. The Kier molecular flexibility index (Phi) is 4.79. The second-order valence-electron chi connectivity index (χ2n) is 5.39. The SMILES string of the molecule is CCOc1ccc(-c2n[nH]c(C)c2Oc2ccccc2OC)c(O)c1. The molecule has 0 aliphatic carbocycles. The van der Waals surface area contributed by atoms with Gasteiger partial charge in [-0.05, 0) is 38.1 Å². The molecule has 0 fully saturated rings. The molecule has 130 valence electrons. The monoisotopic (exact) mass is 340 g/mol. The van der Waals surface area contributed by atoms with Gasteiger partial charge in [0.2, 0.25) is 0 Å². The number of benzene rings is 2. The molecule has 2 N–H and O–H groups in total.